The number of rotatable bonds is 2. The quantitative estimate of drug-likeness (QED) is 0.901. The number of piperidine rings is 1. The molecule has 19 heavy (non-hydrogen) atoms. The van der Waals surface area contributed by atoms with Gasteiger partial charge in [0.25, 0.3) is 0 Å². The van der Waals surface area contributed by atoms with E-state index in [0.717, 1.165) is 18.7 Å². The van der Waals surface area contributed by atoms with Gasteiger partial charge in [0, 0.05) is 18.6 Å². The van der Waals surface area contributed by atoms with Crippen molar-refractivity contribution in [2.45, 2.75) is 32.4 Å². The first-order chi connectivity index (χ1) is 9.01. The summed E-state index contributed by atoms with van der Waals surface area (Å²) in [4.78, 5) is 2.39. The molecule has 3 nitrogen and oxygen atoms in total. The first-order valence-electron chi connectivity index (χ1n) is 6.67. The molecule has 1 fully saturated rings. The number of halogens is 1. The molecule has 1 N–H and O–H groups in total. The van der Waals surface area contributed by atoms with Crippen LogP contribution in [0.25, 0.3) is 0 Å². The van der Waals surface area contributed by atoms with Crippen LogP contribution >= 0.6 is 11.6 Å². The Morgan fingerprint density at radius 2 is 2.16 bits per heavy atom. The minimum atomic E-state index is 0.401. The van der Waals surface area contributed by atoms with Gasteiger partial charge in [0.05, 0.1) is 22.3 Å². The summed E-state index contributed by atoms with van der Waals surface area (Å²) in [5.41, 5.74) is 1.51. The van der Waals surface area contributed by atoms with Crippen molar-refractivity contribution >= 4 is 17.3 Å². The van der Waals surface area contributed by atoms with Gasteiger partial charge >= 0.3 is 0 Å². The van der Waals surface area contributed by atoms with E-state index < -0.39 is 0 Å². The fraction of sp³-hybridized carbons (Fsp3) is 0.533. The van der Waals surface area contributed by atoms with E-state index >= 15 is 0 Å². The first-order valence-corrected chi connectivity index (χ1v) is 7.05. The SMILES string of the molecule is CC1CN(C)C(C)CC1Nc1cc(C#N)ccc1Cl. The van der Waals surface area contributed by atoms with E-state index in [0.29, 0.717) is 28.6 Å². The molecule has 1 aliphatic rings. The van der Waals surface area contributed by atoms with E-state index in [9.17, 15) is 0 Å². The van der Waals surface area contributed by atoms with Gasteiger partial charge in [0.2, 0.25) is 0 Å². The normalized spacial score (nSPS) is 27.8. The Balaban J connectivity index is 2.15. The van der Waals surface area contributed by atoms with Crippen LogP contribution in [-0.4, -0.2) is 30.6 Å². The lowest BCUT2D eigenvalue weighted by Crippen LogP contribution is -2.48. The van der Waals surface area contributed by atoms with E-state index in [1.165, 1.54) is 0 Å². The summed E-state index contributed by atoms with van der Waals surface area (Å²) < 4.78 is 0. The summed E-state index contributed by atoms with van der Waals surface area (Å²) in [5.74, 6) is 0.558. The van der Waals surface area contributed by atoms with Crippen LogP contribution in [0.2, 0.25) is 5.02 Å². The van der Waals surface area contributed by atoms with Crippen LogP contribution in [0.3, 0.4) is 0 Å². The molecule has 0 saturated carbocycles. The van der Waals surface area contributed by atoms with Crippen molar-refractivity contribution in [1.82, 2.24) is 4.90 Å². The second-order valence-electron chi connectivity index (χ2n) is 5.56. The van der Waals surface area contributed by atoms with E-state index in [1.54, 1.807) is 12.1 Å². The van der Waals surface area contributed by atoms with E-state index in [4.69, 9.17) is 16.9 Å². The third-order valence-corrected chi connectivity index (χ3v) is 4.38. The van der Waals surface area contributed by atoms with Crippen molar-refractivity contribution < 1.29 is 0 Å². The highest BCUT2D eigenvalue weighted by atomic mass is 35.5. The molecule has 3 atom stereocenters. The number of hydrogen-bond acceptors (Lipinski definition) is 3. The van der Waals surface area contributed by atoms with Gasteiger partial charge < -0.3 is 10.2 Å². The average Bonchev–Trinajstić information content (AvgIpc) is 2.38. The number of nitrogens with one attached hydrogen (secondary N) is 1. The topological polar surface area (TPSA) is 39.1 Å². The van der Waals surface area contributed by atoms with E-state index in [1.807, 2.05) is 6.07 Å². The van der Waals surface area contributed by atoms with Gasteiger partial charge in [-0.05, 0) is 44.5 Å². The number of anilines is 1. The van der Waals surface area contributed by atoms with Crippen molar-refractivity contribution in [3.05, 3.63) is 28.8 Å². The Kier molecular flexibility index (Phi) is 4.34. The van der Waals surface area contributed by atoms with Gasteiger partial charge in [-0.15, -0.1) is 0 Å². The summed E-state index contributed by atoms with van der Waals surface area (Å²) >= 11 is 6.20. The first kappa shape index (κ1) is 14.2. The molecule has 2 rings (SSSR count). The maximum atomic E-state index is 8.96. The molecule has 102 valence electrons. The fourth-order valence-electron chi connectivity index (χ4n) is 2.65. The maximum Gasteiger partial charge on any atom is 0.0992 e. The van der Waals surface area contributed by atoms with Gasteiger partial charge in [0.1, 0.15) is 0 Å². The lowest BCUT2D eigenvalue weighted by molar-refractivity contribution is 0.145. The van der Waals surface area contributed by atoms with Crippen molar-refractivity contribution in [3.8, 4) is 6.07 Å². The molecule has 0 aromatic heterocycles. The van der Waals surface area contributed by atoms with Gasteiger partial charge in [0.15, 0.2) is 0 Å². The Labute approximate surface area is 120 Å². The van der Waals surface area contributed by atoms with Crippen LogP contribution in [0, 0.1) is 17.2 Å². The minimum absolute atomic E-state index is 0.401. The molecule has 4 heteroatoms. The van der Waals surface area contributed by atoms with Gasteiger partial charge in [-0.3, -0.25) is 0 Å². The van der Waals surface area contributed by atoms with Crippen molar-refractivity contribution in [2.75, 3.05) is 18.9 Å². The minimum Gasteiger partial charge on any atom is -0.381 e. The van der Waals surface area contributed by atoms with E-state index in [-0.39, 0.29) is 0 Å². The van der Waals surface area contributed by atoms with Crippen LogP contribution < -0.4 is 5.32 Å². The van der Waals surface area contributed by atoms with Crippen molar-refractivity contribution in [2.24, 2.45) is 5.92 Å². The summed E-state index contributed by atoms with van der Waals surface area (Å²) in [6.45, 7) is 5.57. The highest BCUT2D eigenvalue weighted by Gasteiger charge is 2.29. The highest BCUT2D eigenvalue weighted by molar-refractivity contribution is 6.33. The van der Waals surface area contributed by atoms with Crippen molar-refractivity contribution in [1.29, 1.82) is 5.26 Å². The fourth-order valence-corrected chi connectivity index (χ4v) is 2.82. The number of benzene rings is 1. The largest absolute Gasteiger partial charge is 0.381 e. The monoisotopic (exact) mass is 277 g/mol. The number of likely N-dealkylation sites (tertiary alicyclic amines) is 1. The Bertz CT molecular complexity index is 495. The Morgan fingerprint density at radius 3 is 2.84 bits per heavy atom. The summed E-state index contributed by atoms with van der Waals surface area (Å²) in [6.07, 6.45) is 1.09. The van der Waals surface area contributed by atoms with Crippen LogP contribution in [0.4, 0.5) is 5.69 Å². The van der Waals surface area contributed by atoms with Crippen LogP contribution in [-0.2, 0) is 0 Å². The molecule has 0 radical (unpaired) electrons. The predicted molar refractivity (Wildman–Crippen MR) is 79.5 cm³/mol. The molecule has 0 aliphatic carbocycles. The molecule has 1 saturated heterocycles. The molecule has 1 aliphatic heterocycles. The lowest BCUT2D eigenvalue weighted by Gasteiger charge is -2.40. The Morgan fingerprint density at radius 1 is 1.42 bits per heavy atom. The maximum absolute atomic E-state index is 8.96. The molecule has 1 aromatic rings. The molecule has 1 heterocycles. The molecule has 0 spiro atoms. The van der Waals surface area contributed by atoms with Gasteiger partial charge in [-0.2, -0.15) is 5.26 Å². The summed E-state index contributed by atoms with van der Waals surface area (Å²) in [6, 6.07) is 8.47. The molecular weight excluding hydrogens is 258 g/mol. The van der Waals surface area contributed by atoms with Crippen LogP contribution in [0.5, 0.6) is 0 Å². The second kappa shape index (κ2) is 5.81. The van der Waals surface area contributed by atoms with Crippen LogP contribution in [0.1, 0.15) is 25.8 Å². The zero-order chi connectivity index (χ0) is 14.0. The molecule has 0 bridgehead atoms. The molecule has 3 unspecified atom stereocenters. The zero-order valence-corrected chi connectivity index (χ0v) is 12.4. The highest BCUT2D eigenvalue weighted by Crippen LogP contribution is 2.28. The molecule has 1 aromatic carbocycles. The number of nitrogens with zero attached hydrogens (tertiary/aromatic N) is 2. The number of nitriles is 1. The van der Waals surface area contributed by atoms with Gasteiger partial charge in [-0.25, -0.2) is 0 Å². The average molecular weight is 278 g/mol. The van der Waals surface area contributed by atoms with E-state index in [2.05, 4.69) is 37.2 Å². The molecule has 0 amide bonds. The summed E-state index contributed by atoms with van der Waals surface area (Å²) in [7, 11) is 2.17. The number of hydrogen-bond donors (Lipinski definition) is 1. The third kappa shape index (κ3) is 3.20. The standard InChI is InChI=1S/C15H20ClN3/c1-10-9-19(3)11(2)6-14(10)18-15-7-12(8-17)4-5-13(15)16/h4-5,7,10-11,14,18H,6,9H2,1-3H3. The molecular formula is C15H20ClN3. The third-order valence-electron chi connectivity index (χ3n) is 4.05. The van der Waals surface area contributed by atoms with Crippen molar-refractivity contribution in [3.63, 3.8) is 0 Å². The lowest BCUT2D eigenvalue weighted by atomic mass is 9.89. The Hall–Kier alpha value is -1.24. The summed E-state index contributed by atoms with van der Waals surface area (Å²) in [5, 5.41) is 13.2. The second-order valence-corrected chi connectivity index (χ2v) is 5.97. The predicted octanol–water partition coefficient (Wildman–Crippen LogP) is 3.35. The van der Waals surface area contributed by atoms with Crippen LogP contribution in [0.15, 0.2) is 18.2 Å². The van der Waals surface area contributed by atoms with Gasteiger partial charge in [-0.1, -0.05) is 18.5 Å². The zero-order valence-electron chi connectivity index (χ0n) is 11.7. The smallest absolute Gasteiger partial charge is 0.0992 e.